The number of carbonyl (C=O) groups excluding carboxylic acids is 2. The minimum atomic E-state index is -4.53. The number of nitrogens with zero attached hydrogens (tertiary/aromatic N) is 4. The Morgan fingerprint density at radius 1 is 1.12 bits per heavy atom. The van der Waals surface area contributed by atoms with Gasteiger partial charge in [-0.1, -0.05) is 18.2 Å². The summed E-state index contributed by atoms with van der Waals surface area (Å²) in [5.74, 6) is -0.528. The standard InChI is InChI=1S/C30H36F3N5O4S/c1-20-17-23(27(39)37-13-9-25(19-37)36(2)3)8-7-21(20)10-16-43(41,42)38-14-11-29(12-15-38)28(40)34-26(35-29)22-5-4-6-24(18-22)30(31,32)33/h4-8,17-18,25H,9-16,19H2,1-3H3,(H,34,35,40). The number of piperidine rings is 1. The minimum absolute atomic E-state index is 0.0244. The maximum Gasteiger partial charge on any atom is 0.416 e. The van der Waals surface area contributed by atoms with Crippen molar-refractivity contribution in [2.45, 2.75) is 50.4 Å². The topological polar surface area (TPSA) is 102 Å². The number of aliphatic imine (C=N–C) groups is 1. The molecule has 1 N–H and O–H groups in total. The Bertz CT molecular complexity index is 1550. The van der Waals surface area contributed by atoms with Crippen molar-refractivity contribution in [2.75, 3.05) is 46.0 Å². The molecule has 2 saturated heterocycles. The number of amidine groups is 1. The van der Waals surface area contributed by atoms with E-state index in [2.05, 4.69) is 15.2 Å². The zero-order chi connectivity index (χ0) is 31.2. The minimum Gasteiger partial charge on any atom is -0.337 e. The normalized spacial score (nSPS) is 21.0. The molecule has 3 heterocycles. The zero-order valence-electron chi connectivity index (χ0n) is 24.4. The molecule has 0 saturated carbocycles. The Morgan fingerprint density at radius 2 is 1.84 bits per heavy atom. The fraction of sp³-hybridized carbons (Fsp3) is 0.500. The van der Waals surface area contributed by atoms with Crippen molar-refractivity contribution in [1.29, 1.82) is 0 Å². The smallest absolute Gasteiger partial charge is 0.337 e. The molecule has 3 aliphatic rings. The monoisotopic (exact) mass is 619 g/mol. The molecule has 2 fully saturated rings. The summed E-state index contributed by atoms with van der Waals surface area (Å²) in [5, 5.41) is 2.60. The molecule has 2 aromatic rings. The zero-order valence-corrected chi connectivity index (χ0v) is 25.3. The van der Waals surface area contributed by atoms with Crippen molar-refractivity contribution in [2.24, 2.45) is 4.99 Å². The van der Waals surface area contributed by atoms with E-state index >= 15 is 0 Å². The van der Waals surface area contributed by atoms with Gasteiger partial charge in [0, 0.05) is 43.3 Å². The lowest BCUT2D eigenvalue weighted by Gasteiger charge is -2.34. The molecule has 0 aliphatic carbocycles. The van der Waals surface area contributed by atoms with Gasteiger partial charge in [0.15, 0.2) is 0 Å². The lowest BCUT2D eigenvalue weighted by atomic mass is 9.89. The van der Waals surface area contributed by atoms with Crippen molar-refractivity contribution in [3.8, 4) is 0 Å². The summed E-state index contributed by atoms with van der Waals surface area (Å²) in [6.45, 7) is 3.41. The number of carbonyl (C=O) groups is 2. The van der Waals surface area contributed by atoms with Crippen molar-refractivity contribution in [1.82, 2.24) is 19.4 Å². The quantitative estimate of drug-likeness (QED) is 0.514. The summed E-state index contributed by atoms with van der Waals surface area (Å²) in [5.41, 5.74) is 0.370. The van der Waals surface area contributed by atoms with Gasteiger partial charge in [-0.15, -0.1) is 0 Å². The van der Waals surface area contributed by atoms with Crippen LogP contribution in [0.15, 0.2) is 47.5 Å². The Labute approximate surface area is 249 Å². The molecular weight excluding hydrogens is 583 g/mol. The predicted molar refractivity (Wildman–Crippen MR) is 156 cm³/mol. The van der Waals surface area contributed by atoms with E-state index in [0.717, 1.165) is 29.7 Å². The number of nitrogens with one attached hydrogen (secondary N) is 1. The average Bonchev–Trinajstić information content (AvgIpc) is 3.58. The van der Waals surface area contributed by atoms with Crippen LogP contribution in [0.25, 0.3) is 0 Å². The molecule has 1 unspecified atom stereocenters. The van der Waals surface area contributed by atoms with Crippen LogP contribution in [0.2, 0.25) is 0 Å². The van der Waals surface area contributed by atoms with E-state index in [1.54, 1.807) is 6.07 Å². The molecular formula is C30H36F3N5O4S. The van der Waals surface area contributed by atoms with Crippen LogP contribution in [-0.4, -0.2) is 97.8 Å². The summed E-state index contributed by atoms with van der Waals surface area (Å²) < 4.78 is 67.3. The number of likely N-dealkylation sites (tertiary alicyclic amines) is 1. The Kier molecular flexibility index (Phi) is 8.45. The molecule has 0 radical (unpaired) electrons. The molecule has 5 rings (SSSR count). The van der Waals surface area contributed by atoms with E-state index in [1.165, 1.54) is 16.4 Å². The van der Waals surface area contributed by atoms with Gasteiger partial charge in [0.1, 0.15) is 11.4 Å². The number of sulfonamides is 1. The van der Waals surface area contributed by atoms with Crippen LogP contribution < -0.4 is 5.32 Å². The van der Waals surface area contributed by atoms with Crippen LogP contribution in [0.5, 0.6) is 0 Å². The predicted octanol–water partition coefficient (Wildman–Crippen LogP) is 3.07. The van der Waals surface area contributed by atoms with Gasteiger partial charge in [0.05, 0.1) is 11.3 Å². The molecule has 0 bridgehead atoms. The molecule has 232 valence electrons. The van der Waals surface area contributed by atoms with E-state index in [4.69, 9.17) is 0 Å². The highest BCUT2D eigenvalue weighted by Crippen LogP contribution is 2.34. The molecule has 1 spiro atoms. The Morgan fingerprint density at radius 3 is 2.47 bits per heavy atom. The van der Waals surface area contributed by atoms with Gasteiger partial charge < -0.3 is 15.1 Å². The van der Waals surface area contributed by atoms with Crippen molar-refractivity contribution in [3.63, 3.8) is 0 Å². The van der Waals surface area contributed by atoms with E-state index in [0.29, 0.717) is 24.7 Å². The largest absolute Gasteiger partial charge is 0.416 e. The second-order valence-corrected chi connectivity index (χ2v) is 13.9. The number of likely N-dealkylation sites (N-methyl/N-ethyl adjacent to an activating group) is 1. The molecule has 0 aromatic heterocycles. The summed E-state index contributed by atoms with van der Waals surface area (Å²) in [7, 11) is 0.359. The number of hydrogen-bond donors (Lipinski definition) is 1. The molecule has 1 atom stereocenters. The van der Waals surface area contributed by atoms with Gasteiger partial charge in [-0.3, -0.25) is 14.6 Å². The molecule has 2 aromatic carbocycles. The van der Waals surface area contributed by atoms with E-state index in [-0.39, 0.29) is 55.4 Å². The number of alkyl halides is 3. The average molecular weight is 620 g/mol. The van der Waals surface area contributed by atoms with E-state index in [1.807, 2.05) is 38.1 Å². The molecule has 3 aliphatic heterocycles. The third kappa shape index (κ3) is 6.48. The number of benzene rings is 2. The number of rotatable bonds is 7. The first-order valence-electron chi connectivity index (χ1n) is 14.3. The van der Waals surface area contributed by atoms with Crippen molar-refractivity contribution < 1.29 is 31.2 Å². The molecule has 13 heteroatoms. The SMILES string of the molecule is Cc1cc(C(=O)N2CCC(N(C)C)C2)ccc1CCS(=O)(=O)N1CCC2(CC1)N=C(c1cccc(C(F)(F)F)c1)NC2=O. The summed E-state index contributed by atoms with van der Waals surface area (Å²) >= 11 is 0. The lowest BCUT2D eigenvalue weighted by Crippen LogP contribution is -2.50. The van der Waals surface area contributed by atoms with Crippen LogP contribution in [0.4, 0.5) is 13.2 Å². The maximum absolute atomic E-state index is 13.2. The fourth-order valence-corrected chi connectivity index (χ4v) is 7.45. The highest BCUT2D eigenvalue weighted by molar-refractivity contribution is 7.89. The third-order valence-corrected chi connectivity index (χ3v) is 10.7. The van der Waals surface area contributed by atoms with Gasteiger partial charge in [-0.25, -0.2) is 12.7 Å². The Hall–Kier alpha value is -3.29. The second kappa shape index (κ2) is 11.7. The number of aryl methyl sites for hydroxylation is 2. The number of hydrogen-bond acceptors (Lipinski definition) is 6. The van der Waals surface area contributed by atoms with Gasteiger partial charge in [-0.05, 0) is 82.1 Å². The highest BCUT2D eigenvalue weighted by Gasteiger charge is 2.47. The van der Waals surface area contributed by atoms with Crippen LogP contribution in [0, 0.1) is 6.92 Å². The molecule has 43 heavy (non-hydrogen) atoms. The van der Waals surface area contributed by atoms with Crippen LogP contribution in [0.3, 0.4) is 0 Å². The van der Waals surface area contributed by atoms with Gasteiger partial charge >= 0.3 is 6.18 Å². The first-order valence-corrected chi connectivity index (χ1v) is 15.9. The van der Waals surface area contributed by atoms with E-state index in [9.17, 15) is 31.2 Å². The maximum atomic E-state index is 13.2. The number of halogens is 3. The van der Waals surface area contributed by atoms with Crippen LogP contribution >= 0.6 is 0 Å². The molecule has 9 nitrogen and oxygen atoms in total. The van der Waals surface area contributed by atoms with Crippen molar-refractivity contribution in [3.05, 3.63) is 70.3 Å². The summed E-state index contributed by atoms with van der Waals surface area (Å²) in [6, 6.07) is 10.3. The second-order valence-electron chi connectivity index (χ2n) is 11.8. The van der Waals surface area contributed by atoms with E-state index < -0.39 is 33.2 Å². The first kappa shape index (κ1) is 31.1. The third-order valence-electron chi connectivity index (χ3n) is 8.79. The summed E-state index contributed by atoms with van der Waals surface area (Å²) in [4.78, 5) is 34.3. The number of amides is 2. The first-order chi connectivity index (χ1) is 20.2. The lowest BCUT2D eigenvalue weighted by molar-refractivity contribution is -0.137. The van der Waals surface area contributed by atoms with Gasteiger partial charge in [-0.2, -0.15) is 13.2 Å². The Balaban J connectivity index is 1.19. The van der Waals surface area contributed by atoms with Gasteiger partial charge in [0.25, 0.3) is 11.8 Å². The van der Waals surface area contributed by atoms with Crippen molar-refractivity contribution >= 4 is 27.7 Å². The van der Waals surface area contributed by atoms with Crippen LogP contribution in [0.1, 0.15) is 51.9 Å². The summed E-state index contributed by atoms with van der Waals surface area (Å²) in [6.07, 6.45) is -3.07. The fourth-order valence-electron chi connectivity index (χ4n) is 5.98. The highest BCUT2D eigenvalue weighted by atomic mass is 32.2. The van der Waals surface area contributed by atoms with Gasteiger partial charge in [0.2, 0.25) is 10.0 Å². The molecule has 2 amide bonds. The van der Waals surface area contributed by atoms with Crippen LogP contribution in [-0.2, 0) is 27.4 Å².